The largest absolute Gasteiger partial charge is 0.429 e. The molecule has 7 heteroatoms. The van der Waals surface area contributed by atoms with Crippen molar-refractivity contribution in [1.82, 2.24) is 0 Å². The molecule has 3 nitrogen and oxygen atoms in total. The number of benzene rings is 4. The molecule has 0 aliphatic carbocycles. The monoisotopic (exact) mass is 528 g/mol. The van der Waals surface area contributed by atoms with Crippen molar-refractivity contribution in [1.29, 1.82) is 0 Å². The van der Waals surface area contributed by atoms with Crippen molar-refractivity contribution in [2.24, 2.45) is 0 Å². The summed E-state index contributed by atoms with van der Waals surface area (Å²) >= 11 is 0. The molecular formula is C28H32O3Si4. The Morgan fingerprint density at radius 3 is 1.06 bits per heavy atom. The Morgan fingerprint density at radius 1 is 0.457 bits per heavy atom. The molecule has 0 bridgehead atoms. The van der Waals surface area contributed by atoms with Crippen LogP contribution in [0.15, 0.2) is 121 Å². The molecule has 4 aromatic carbocycles. The second-order valence-electron chi connectivity index (χ2n) is 8.77. The van der Waals surface area contributed by atoms with Gasteiger partial charge in [0, 0.05) is 0 Å². The molecule has 0 aromatic heterocycles. The predicted octanol–water partition coefficient (Wildman–Crippen LogP) is 4.05. The fourth-order valence-electron chi connectivity index (χ4n) is 4.18. The van der Waals surface area contributed by atoms with Crippen molar-refractivity contribution < 1.29 is 12.3 Å². The summed E-state index contributed by atoms with van der Waals surface area (Å²) in [6.07, 6.45) is 0. The minimum absolute atomic E-state index is 1.13. The molecule has 35 heavy (non-hydrogen) atoms. The summed E-state index contributed by atoms with van der Waals surface area (Å²) in [4.78, 5) is 0. The lowest BCUT2D eigenvalue weighted by Gasteiger charge is -2.40. The molecule has 0 spiro atoms. The number of rotatable bonds is 10. The van der Waals surface area contributed by atoms with Gasteiger partial charge in [0.25, 0.3) is 0 Å². The third kappa shape index (κ3) is 6.45. The second kappa shape index (κ2) is 11.6. The Kier molecular flexibility index (Phi) is 8.50. The van der Waals surface area contributed by atoms with Gasteiger partial charge in [0.1, 0.15) is 0 Å². The highest BCUT2D eigenvalue weighted by Crippen LogP contribution is 2.20. The first-order chi connectivity index (χ1) is 16.9. The topological polar surface area (TPSA) is 27.7 Å². The average Bonchev–Trinajstić information content (AvgIpc) is 2.90. The standard InChI is InChI=1S/C28H32O3Si4/c1-32(25-17-9-5-10-18-25)29-34(3,27-21-13-7-14-22-27)31-35(4,28-23-15-8-16-24-28)30-33(2)26-19-11-6-12-20-26/h5-24H,1-4H3. The van der Waals surface area contributed by atoms with Crippen molar-refractivity contribution in [3.63, 3.8) is 0 Å². The first-order valence-corrected chi connectivity index (χ1v) is 20.3. The van der Waals surface area contributed by atoms with Gasteiger partial charge in [0.2, 0.25) is 18.1 Å². The van der Waals surface area contributed by atoms with Crippen LogP contribution in [0.2, 0.25) is 26.2 Å². The van der Waals surface area contributed by atoms with Gasteiger partial charge in [-0.3, -0.25) is 0 Å². The Bertz CT molecular complexity index is 1090. The predicted molar refractivity (Wildman–Crippen MR) is 154 cm³/mol. The van der Waals surface area contributed by atoms with Gasteiger partial charge in [0.15, 0.2) is 0 Å². The van der Waals surface area contributed by atoms with E-state index in [4.69, 9.17) is 12.3 Å². The van der Waals surface area contributed by atoms with Gasteiger partial charge in [-0.1, -0.05) is 121 Å². The zero-order valence-electron chi connectivity index (χ0n) is 20.8. The van der Waals surface area contributed by atoms with Crippen molar-refractivity contribution in [3.8, 4) is 0 Å². The lowest BCUT2D eigenvalue weighted by molar-refractivity contribution is 0.355. The van der Waals surface area contributed by atoms with Gasteiger partial charge in [0.05, 0.1) is 0 Å². The Morgan fingerprint density at radius 2 is 0.743 bits per heavy atom. The normalized spacial score (nSPS) is 15.0. The summed E-state index contributed by atoms with van der Waals surface area (Å²) in [6, 6.07) is 41.9. The first kappa shape index (κ1) is 25.7. The Hall–Kier alpha value is -2.37. The molecule has 0 amide bonds. The number of hydrogen-bond donors (Lipinski definition) is 0. The summed E-state index contributed by atoms with van der Waals surface area (Å²) in [5.41, 5.74) is 0. The smallest absolute Gasteiger partial charge is 0.350 e. The van der Waals surface area contributed by atoms with Gasteiger partial charge in [-0.2, -0.15) is 0 Å². The fourth-order valence-corrected chi connectivity index (χ4v) is 18.7. The molecule has 178 valence electrons. The SMILES string of the molecule is C[Si](O[Si](C)(O[Si](C)(O[Si](C)c1ccccc1)c1ccccc1)c1ccccc1)c1ccccc1. The Balaban J connectivity index is 1.72. The van der Waals surface area contributed by atoms with Gasteiger partial charge in [-0.05, 0) is 46.9 Å². The molecule has 2 unspecified atom stereocenters. The van der Waals surface area contributed by atoms with Crippen molar-refractivity contribution in [3.05, 3.63) is 121 Å². The van der Waals surface area contributed by atoms with E-state index in [0.29, 0.717) is 0 Å². The minimum atomic E-state index is -2.86. The quantitative estimate of drug-likeness (QED) is 0.291. The van der Waals surface area contributed by atoms with Crippen LogP contribution in [-0.2, 0) is 12.3 Å². The van der Waals surface area contributed by atoms with E-state index in [9.17, 15) is 0 Å². The van der Waals surface area contributed by atoms with Crippen molar-refractivity contribution in [2.45, 2.75) is 26.2 Å². The molecule has 2 atom stereocenters. The maximum atomic E-state index is 7.27. The molecule has 0 fully saturated rings. The van der Waals surface area contributed by atoms with Crippen molar-refractivity contribution >= 4 is 55.9 Å². The van der Waals surface area contributed by atoms with E-state index >= 15 is 0 Å². The highest BCUT2D eigenvalue weighted by molar-refractivity contribution is 6.97. The third-order valence-electron chi connectivity index (χ3n) is 6.04. The summed E-state index contributed by atoms with van der Waals surface area (Å²) in [5.74, 6) is 0. The Labute approximate surface area is 215 Å². The van der Waals surface area contributed by atoms with E-state index < -0.39 is 35.2 Å². The van der Waals surface area contributed by atoms with Crippen LogP contribution < -0.4 is 20.7 Å². The fraction of sp³-hybridized carbons (Fsp3) is 0.143. The molecular weight excluding hydrogens is 497 g/mol. The average molecular weight is 529 g/mol. The van der Waals surface area contributed by atoms with Gasteiger partial charge < -0.3 is 12.3 Å². The molecule has 4 aromatic rings. The van der Waals surface area contributed by atoms with Crippen LogP contribution in [0.25, 0.3) is 0 Å². The van der Waals surface area contributed by atoms with E-state index in [1.165, 1.54) is 10.4 Å². The molecule has 0 saturated heterocycles. The molecule has 0 N–H and O–H groups in total. The maximum absolute atomic E-state index is 7.27. The van der Waals surface area contributed by atoms with Crippen molar-refractivity contribution in [2.75, 3.05) is 0 Å². The summed E-state index contributed by atoms with van der Waals surface area (Å²) in [6.45, 7) is 8.78. The van der Waals surface area contributed by atoms with E-state index in [2.05, 4.69) is 123 Å². The molecule has 2 radical (unpaired) electrons. The zero-order valence-corrected chi connectivity index (χ0v) is 24.8. The molecule has 4 rings (SSSR count). The number of hydrogen-bond acceptors (Lipinski definition) is 3. The van der Waals surface area contributed by atoms with Crippen LogP contribution in [0, 0.1) is 0 Å². The highest BCUT2D eigenvalue weighted by Gasteiger charge is 2.47. The van der Waals surface area contributed by atoms with Crippen LogP contribution in [0.5, 0.6) is 0 Å². The van der Waals surface area contributed by atoms with Gasteiger partial charge in [-0.25, -0.2) is 0 Å². The minimum Gasteiger partial charge on any atom is -0.429 e. The molecule has 0 heterocycles. The second-order valence-corrected chi connectivity index (χ2v) is 19.5. The van der Waals surface area contributed by atoms with E-state index in [0.717, 1.165) is 10.4 Å². The lowest BCUT2D eigenvalue weighted by atomic mass is 10.4. The van der Waals surface area contributed by atoms with Crippen LogP contribution in [-0.4, -0.2) is 35.2 Å². The van der Waals surface area contributed by atoms with Crippen LogP contribution >= 0.6 is 0 Å². The van der Waals surface area contributed by atoms with Gasteiger partial charge >= 0.3 is 17.1 Å². The maximum Gasteiger partial charge on any atom is 0.350 e. The summed E-state index contributed by atoms with van der Waals surface area (Å²) < 4.78 is 21.3. The van der Waals surface area contributed by atoms with Crippen LogP contribution in [0.4, 0.5) is 0 Å². The summed E-state index contributed by atoms with van der Waals surface area (Å²) in [5, 5.41) is 4.74. The lowest BCUT2D eigenvalue weighted by Crippen LogP contribution is -2.67. The highest BCUT2D eigenvalue weighted by atomic mass is 28.5. The van der Waals surface area contributed by atoms with E-state index in [-0.39, 0.29) is 0 Å². The van der Waals surface area contributed by atoms with E-state index in [1.807, 2.05) is 24.3 Å². The zero-order chi connectivity index (χ0) is 24.7. The molecule has 0 aliphatic rings. The summed E-state index contributed by atoms with van der Waals surface area (Å²) in [7, 11) is -8.30. The van der Waals surface area contributed by atoms with E-state index in [1.54, 1.807) is 0 Å². The molecule has 0 saturated carbocycles. The molecule has 0 aliphatic heterocycles. The van der Waals surface area contributed by atoms with Gasteiger partial charge in [-0.15, -0.1) is 0 Å². The van der Waals surface area contributed by atoms with Crippen LogP contribution in [0.1, 0.15) is 0 Å². The third-order valence-corrected chi connectivity index (χ3v) is 19.8. The first-order valence-electron chi connectivity index (χ1n) is 11.9. The van der Waals surface area contributed by atoms with Crippen LogP contribution in [0.3, 0.4) is 0 Å².